The van der Waals surface area contributed by atoms with Gasteiger partial charge in [0.25, 0.3) is 0 Å². The number of benzene rings is 1. The minimum absolute atomic E-state index is 0.202. The Hall–Kier alpha value is -0.830. The fraction of sp³-hybridized carbons (Fsp3) is 0.375. The highest BCUT2D eigenvalue weighted by molar-refractivity contribution is 7.16. The zero-order chi connectivity index (χ0) is 13.3. The van der Waals surface area contributed by atoms with Gasteiger partial charge in [0.1, 0.15) is 0 Å². The molecular formula is C16H18ClNS. The molecule has 0 aliphatic carbocycles. The van der Waals surface area contributed by atoms with E-state index in [1.807, 2.05) is 6.07 Å². The Morgan fingerprint density at radius 1 is 1.26 bits per heavy atom. The van der Waals surface area contributed by atoms with Crippen molar-refractivity contribution in [1.29, 1.82) is 0 Å². The lowest BCUT2D eigenvalue weighted by molar-refractivity contribution is 0.407. The maximum absolute atomic E-state index is 6.11. The van der Waals surface area contributed by atoms with Crippen molar-refractivity contribution in [2.24, 2.45) is 0 Å². The Morgan fingerprint density at radius 2 is 2.05 bits per heavy atom. The van der Waals surface area contributed by atoms with Crippen LogP contribution >= 0.6 is 22.9 Å². The van der Waals surface area contributed by atoms with E-state index in [-0.39, 0.29) is 5.41 Å². The predicted molar refractivity (Wildman–Crippen MR) is 83.2 cm³/mol. The van der Waals surface area contributed by atoms with Gasteiger partial charge in [-0.05, 0) is 37.1 Å². The summed E-state index contributed by atoms with van der Waals surface area (Å²) in [7, 11) is 0. The molecule has 1 aliphatic heterocycles. The Labute approximate surface area is 123 Å². The summed E-state index contributed by atoms with van der Waals surface area (Å²) in [5.41, 5.74) is 1.60. The summed E-state index contributed by atoms with van der Waals surface area (Å²) in [4.78, 5) is 1.41. The van der Waals surface area contributed by atoms with Crippen LogP contribution in [0.5, 0.6) is 0 Å². The van der Waals surface area contributed by atoms with E-state index in [2.05, 4.69) is 48.6 Å². The molecule has 0 radical (unpaired) electrons. The topological polar surface area (TPSA) is 12.0 Å². The van der Waals surface area contributed by atoms with E-state index in [0.29, 0.717) is 6.04 Å². The van der Waals surface area contributed by atoms with Gasteiger partial charge in [-0.15, -0.1) is 11.3 Å². The molecule has 100 valence electrons. The lowest BCUT2D eigenvalue weighted by atomic mass is 9.78. The van der Waals surface area contributed by atoms with Crippen molar-refractivity contribution in [2.75, 3.05) is 6.54 Å². The minimum atomic E-state index is 0.202. The summed E-state index contributed by atoms with van der Waals surface area (Å²) < 4.78 is 0.890. The lowest BCUT2D eigenvalue weighted by Crippen LogP contribution is -2.39. The van der Waals surface area contributed by atoms with Gasteiger partial charge in [-0.2, -0.15) is 0 Å². The van der Waals surface area contributed by atoms with Crippen LogP contribution in [0.1, 0.15) is 23.8 Å². The van der Waals surface area contributed by atoms with E-state index in [9.17, 15) is 0 Å². The van der Waals surface area contributed by atoms with Crippen molar-refractivity contribution >= 4 is 22.9 Å². The van der Waals surface area contributed by atoms with Crippen LogP contribution in [0.2, 0.25) is 4.34 Å². The van der Waals surface area contributed by atoms with Gasteiger partial charge < -0.3 is 5.32 Å². The zero-order valence-corrected chi connectivity index (χ0v) is 12.6. The maximum atomic E-state index is 6.11. The molecule has 1 aromatic carbocycles. The molecule has 0 saturated carbocycles. The maximum Gasteiger partial charge on any atom is 0.0931 e. The zero-order valence-electron chi connectivity index (χ0n) is 11.0. The third-order valence-corrected chi connectivity index (χ3v) is 5.73. The molecule has 0 bridgehead atoms. The summed E-state index contributed by atoms with van der Waals surface area (Å²) >= 11 is 7.83. The van der Waals surface area contributed by atoms with Crippen molar-refractivity contribution in [2.45, 2.75) is 31.2 Å². The molecule has 1 aromatic heterocycles. The van der Waals surface area contributed by atoms with E-state index in [0.717, 1.165) is 17.3 Å². The Morgan fingerprint density at radius 3 is 2.74 bits per heavy atom. The number of rotatable bonds is 3. The molecule has 19 heavy (non-hydrogen) atoms. The molecule has 1 saturated heterocycles. The Kier molecular flexibility index (Phi) is 3.66. The van der Waals surface area contributed by atoms with Crippen LogP contribution in [0.15, 0.2) is 42.5 Å². The fourth-order valence-corrected chi connectivity index (χ4v) is 4.24. The third kappa shape index (κ3) is 2.58. The van der Waals surface area contributed by atoms with Gasteiger partial charge in [-0.3, -0.25) is 0 Å². The van der Waals surface area contributed by atoms with Crippen LogP contribution in [-0.2, 0) is 11.8 Å². The van der Waals surface area contributed by atoms with Gasteiger partial charge in [0.05, 0.1) is 4.34 Å². The molecular weight excluding hydrogens is 274 g/mol. The highest BCUT2D eigenvalue weighted by Crippen LogP contribution is 2.41. The lowest BCUT2D eigenvalue weighted by Gasteiger charge is -2.30. The van der Waals surface area contributed by atoms with Crippen molar-refractivity contribution in [3.63, 3.8) is 0 Å². The van der Waals surface area contributed by atoms with Crippen LogP contribution < -0.4 is 5.32 Å². The summed E-state index contributed by atoms with van der Waals surface area (Å²) in [5.74, 6) is 0. The van der Waals surface area contributed by atoms with E-state index in [1.165, 1.54) is 16.9 Å². The summed E-state index contributed by atoms with van der Waals surface area (Å²) in [6.07, 6.45) is 2.26. The van der Waals surface area contributed by atoms with Crippen LogP contribution in [0.25, 0.3) is 0 Å². The molecule has 3 heteroatoms. The average Bonchev–Trinajstić information content (AvgIpc) is 2.99. The third-order valence-electron chi connectivity index (χ3n) is 4.22. The molecule has 0 amide bonds. The normalized spacial score (nSPS) is 26.7. The second kappa shape index (κ2) is 5.28. The molecule has 1 fully saturated rings. The summed E-state index contributed by atoms with van der Waals surface area (Å²) in [5, 5.41) is 3.67. The van der Waals surface area contributed by atoms with Gasteiger partial charge in [0.15, 0.2) is 0 Å². The van der Waals surface area contributed by atoms with Crippen molar-refractivity contribution < 1.29 is 0 Å². The first kappa shape index (κ1) is 13.2. The van der Waals surface area contributed by atoms with Crippen molar-refractivity contribution in [3.05, 3.63) is 57.2 Å². The highest BCUT2D eigenvalue weighted by Gasteiger charge is 2.40. The second-order valence-corrected chi connectivity index (χ2v) is 7.18. The smallest absolute Gasteiger partial charge is 0.0931 e. The number of halogens is 1. The van der Waals surface area contributed by atoms with Crippen molar-refractivity contribution in [1.82, 2.24) is 5.32 Å². The quantitative estimate of drug-likeness (QED) is 0.891. The summed E-state index contributed by atoms with van der Waals surface area (Å²) in [6.45, 7) is 3.45. The van der Waals surface area contributed by atoms with Gasteiger partial charge in [0, 0.05) is 16.3 Å². The molecule has 2 heterocycles. The van der Waals surface area contributed by atoms with Gasteiger partial charge in [0.2, 0.25) is 0 Å². The Balaban J connectivity index is 1.85. The molecule has 1 N–H and O–H groups in total. The molecule has 3 rings (SSSR count). The highest BCUT2D eigenvalue weighted by atomic mass is 35.5. The van der Waals surface area contributed by atoms with E-state index < -0.39 is 0 Å². The standard InChI is InChI=1S/C16H18ClNS/c1-16(14-7-8-15(17)19-14)9-10-18-13(16)11-12-5-3-2-4-6-12/h2-8,13,18H,9-11H2,1H3. The average molecular weight is 292 g/mol. The number of hydrogen-bond acceptors (Lipinski definition) is 2. The SMILES string of the molecule is CC1(c2ccc(Cl)s2)CCNC1Cc1ccccc1. The van der Waals surface area contributed by atoms with E-state index >= 15 is 0 Å². The van der Waals surface area contributed by atoms with Gasteiger partial charge >= 0.3 is 0 Å². The van der Waals surface area contributed by atoms with E-state index in [4.69, 9.17) is 11.6 Å². The first-order valence-electron chi connectivity index (χ1n) is 6.71. The van der Waals surface area contributed by atoms with Crippen molar-refractivity contribution in [3.8, 4) is 0 Å². The van der Waals surface area contributed by atoms with Crippen LogP contribution in [0.4, 0.5) is 0 Å². The van der Waals surface area contributed by atoms with Crippen LogP contribution in [0, 0.1) is 0 Å². The van der Waals surface area contributed by atoms with Crippen LogP contribution in [0.3, 0.4) is 0 Å². The minimum Gasteiger partial charge on any atom is -0.313 e. The first-order chi connectivity index (χ1) is 9.18. The van der Waals surface area contributed by atoms with E-state index in [1.54, 1.807) is 11.3 Å². The van der Waals surface area contributed by atoms with Crippen LogP contribution in [-0.4, -0.2) is 12.6 Å². The number of nitrogens with one attached hydrogen (secondary N) is 1. The molecule has 1 nitrogen and oxygen atoms in total. The second-order valence-electron chi connectivity index (χ2n) is 5.47. The molecule has 0 spiro atoms. The number of hydrogen-bond donors (Lipinski definition) is 1. The molecule has 1 aliphatic rings. The molecule has 2 aromatic rings. The first-order valence-corrected chi connectivity index (χ1v) is 7.91. The largest absolute Gasteiger partial charge is 0.313 e. The monoisotopic (exact) mass is 291 g/mol. The fourth-order valence-electron chi connectivity index (χ4n) is 2.97. The summed E-state index contributed by atoms with van der Waals surface area (Å²) in [6, 6.07) is 15.4. The molecule has 2 unspecified atom stereocenters. The van der Waals surface area contributed by atoms with Gasteiger partial charge in [-0.1, -0.05) is 48.9 Å². The predicted octanol–water partition coefficient (Wildman–Crippen LogP) is 4.26. The van der Waals surface area contributed by atoms with Gasteiger partial charge in [-0.25, -0.2) is 0 Å². The Bertz CT molecular complexity index is 551. The molecule has 2 atom stereocenters. The number of thiophene rings is 1.